The van der Waals surface area contributed by atoms with E-state index in [4.69, 9.17) is 10.5 Å². The average Bonchev–Trinajstić information content (AvgIpc) is 3.58. The van der Waals surface area contributed by atoms with Crippen LogP contribution in [0.2, 0.25) is 0 Å². The highest BCUT2D eigenvalue weighted by Gasteiger charge is 2.30. The molecule has 0 bridgehead atoms. The molecule has 0 saturated carbocycles. The van der Waals surface area contributed by atoms with Crippen LogP contribution in [0.1, 0.15) is 34.1 Å². The highest BCUT2D eigenvalue weighted by Crippen LogP contribution is 2.39. The van der Waals surface area contributed by atoms with E-state index in [1.165, 1.54) is 0 Å². The minimum atomic E-state index is -0.209. The quantitative estimate of drug-likeness (QED) is 0.381. The molecule has 2 aliphatic rings. The third-order valence-corrected chi connectivity index (χ3v) is 7.20. The monoisotopic (exact) mass is 506 g/mol. The van der Waals surface area contributed by atoms with Crippen LogP contribution < -0.4 is 15.8 Å². The molecule has 5 aromatic rings. The van der Waals surface area contributed by atoms with Crippen LogP contribution in [0, 0.1) is 0 Å². The van der Waals surface area contributed by atoms with Gasteiger partial charge in [-0.3, -0.25) is 14.0 Å². The van der Waals surface area contributed by atoms with E-state index in [1.807, 2.05) is 24.3 Å². The zero-order valence-corrected chi connectivity index (χ0v) is 20.4. The number of hydrogen-bond donors (Lipinski definition) is 2. The largest absolute Gasteiger partial charge is 0.493 e. The Morgan fingerprint density at radius 2 is 2.03 bits per heavy atom. The van der Waals surface area contributed by atoms with Crippen LogP contribution in [-0.2, 0) is 11.2 Å². The van der Waals surface area contributed by atoms with Crippen molar-refractivity contribution in [2.45, 2.75) is 18.9 Å². The summed E-state index contributed by atoms with van der Waals surface area (Å²) in [6.45, 7) is 0.476. The maximum Gasteiger partial charge on any atom is 0.272 e. The Morgan fingerprint density at radius 3 is 2.92 bits per heavy atom. The molecule has 0 spiro atoms. The van der Waals surface area contributed by atoms with E-state index in [9.17, 15) is 9.59 Å². The molecule has 2 aliphatic heterocycles. The van der Waals surface area contributed by atoms with E-state index in [0.29, 0.717) is 53.3 Å². The van der Waals surface area contributed by atoms with Crippen molar-refractivity contribution in [3.05, 3.63) is 72.1 Å². The molecule has 11 heteroatoms. The summed E-state index contributed by atoms with van der Waals surface area (Å²) in [4.78, 5) is 44.3. The summed E-state index contributed by atoms with van der Waals surface area (Å²) in [5, 5.41) is 2.76. The number of aromatic nitrogens is 5. The second-order valence-corrected chi connectivity index (χ2v) is 9.48. The van der Waals surface area contributed by atoms with Gasteiger partial charge in [0, 0.05) is 36.4 Å². The molecule has 0 radical (unpaired) electrons. The van der Waals surface area contributed by atoms with E-state index >= 15 is 0 Å². The summed E-state index contributed by atoms with van der Waals surface area (Å²) in [7, 11) is 1.78. The molecule has 3 N–H and O–H groups in total. The molecule has 0 aliphatic carbocycles. The van der Waals surface area contributed by atoms with Gasteiger partial charge in [-0.1, -0.05) is 12.1 Å². The van der Waals surface area contributed by atoms with Crippen molar-refractivity contribution in [3.8, 4) is 16.9 Å². The van der Waals surface area contributed by atoms with Gasteiger partial charge in [0.1, 0.15) is 34.1 Å². The SMILES string of the molecule is CN(C(=O)c1cc2c(cn1)nc(N)c1cncn12)[C@H]1CCOc2cc(-c3cnc4c(c3)CC(=O)N4)ccc21. The number of hydrogen-bond acceptors (Lipinski definition) is 8. The van der Waals surface area contributed by atoms with Crippen LogP contribution in [0.3, 0.4) is 0 Å². The number of nitrogens with one attached hydrogen (secondary N) is 1. The third kappa shape index (κ3) is 3.43. The fraction of sp³-hybridized carbons (Fsp3) is 0.185. The second-order valence-electron chi connectivity index (χ2n) is 9.48. The van der Waals surface area contributed by atoms with E-state index in [-0.39, 0.29) is 17.9 Å². The number of imidazole rings is 1. The summed E-state index contributed by atoms with van der Waals surface area (Å²) in [5.41, 5.74) is 11.9. The zero-order chi connectivity index (χ0) is 26.0. The number of ether oxygens (including phenoxy) is 1. The molecule has 6 heterocycles. The van der Waals surface area contributed by atoms with Crippen molar-refractivity contribution < 1.29 is 14.3 Å². The van der Waals surface area contributed by atoms with Crippen LogP contribution >= 0.6 is 0 Å². The lowest BCUT2D eigenvalue weighted by Gasteiger charge is -2.33. The maximum absolute atomic E-state index is 13.6. The maximum atomic E-state index is 13.6. The number of fused-ring (bicyclic) bond motifs is 5. The van der Waals surface area contributed by atoms with Crippen molar-refractivity contribution in [1.29, 1.82) is 0 Å². The molecule has 0 fully saturated rings. The Hall–Kier alpha value is -5.06. The number of amides is 2. The van der Waals surface area contributed by atoms with E-state index in [2.05, 4.69) is 25.3 Å². The van der Waals surface area contributed by atoms with Crippen LogP contribution in [0.25, 0.3) is 27.7 Å². The Kier molecular flexibility index (Phi) is 4.80. The normalized spacial score (nSPS) is 16.1. The van der Waals surface area contributed by atoms with Gasteiger partial charge in [0.2, 0.25) is 5.91 Å². The van der Waals surface area contributed by atoms with Gasteiger partial charge in [-0.2, -0.15) is 0 Å². The minimum Gasteiger partial charge on any atom is -0.493 e. The van der Waals surface area contributed by atoms with E-state index in [1.54, 1.807) is 47.3 Å². The molecular formula is C27H22N8O3. The highest BCUT2D eigenvalue weighted by molar-refractivity contribution is 5.98. The standard InChI is InChI=1S/C27H22N8O3/c1-34(27(37)18-9-21-19(11-30-18)32-25(28)22-12-29-13-35(21)22)20-4-5-38-23-7-14(2-3-17(20)23)16-6-15-8-24(36)33-26(15)31-10-16/h2-3,6-7,9-13,20H,4-5,8H2,1H3,(H2,28,32)(H,31,33,36)/t20-/m0/s1. The molecule has 38 heavy (non-hydrogen) atoms. The molecule has 7 rings (SSSR count). The average molecular weight is 507 g/mol. The van der Waals surface area contributed by atoms with Gasteiger partial charge in [0.25, 0.3) is 5.91 Å². The lowest BCUT2D eigenvalue weighted by Crippen LogP contribution is -2.34. The number of nitrogen functional groups attached to an aromatic ring is 1. The molecule has 1 atom stereocenters. The summed E-state index contributed by atoms with van der Waals surface area (Å²) in [6.07, 6.45) is 7.56. The number of carbonyl (C=O) groups is 2. The number of pyridine rings is 2. The molecule has 0 unspecified atom stereocenters. The number of carbonyl (C=O) groups excluding carboxylic acids is 2. The molecular weight excluding hydrogens is 484 g/mol. The Morgan fingerprint density at radius 1 is 1.13 bits per heavy atom. The molecule has 11 nitrogen and oxygen atoms in total. The number of rotatable bonds is 3. The van der Waals surface area contributed by atoms with Gasteiger partial charge in [-0.25, -0.2) is 19.9 Å². The molecule has 1 aromatic carbocycles. The van der Waals surface area contributed by atoms with Crippen LogP contribution in [0.5, 0.6) is 5.75 Å². The lowest BCUT2D eigenvalue weighted by molar-refractivity contribution is -0.115. The molecule has 2 amide bonds. The fourth-order valence-corrected chi connectivity index (χ4v) is 5.24. The first-order chi connectivity index (χ1) is 18.5. The molecule has 0 saturated heterocycles. The first-order valence-corrected chi connectivity index (χ1v) is 12.2. The van der Waals surface area contributed by atoms with Crippen molar-refractivity contribution in [2.24, 2.45) is 0 Å². The topological polar surface area (TPSA) is 141 Å². The first-order valence-electron chi connectivity index (χ1n) is 12.2. The number of nitrogens with zero attached hydrogens (tertiary/aromatic N) is 6. The zero-order valence-electron chi connectivity index (χ0n) is 20.4. The van der Waals surface area contributed by atoms with Gasteiger partial charge < -0.3 is 20.7 Å². The summed E-state index contributed by atoms with van der Waals surface area (Å²) in [6, 6.07) is 9.46. The van der Waals surface area contributed by atoms with Crippen LogP contribution in [0.15, 0.2) is 55.2 Å². The Labute approximate surface area is 216 Å². The number of anilines is 2. The summed E-state index contributed by atoms with van der Waals surface area (Å²) in [5.74, 6) is 1.43. The van der Waals surface area contributed by atoms with Crippen molar-refractivity contribution in [1.82, 2.24) is 29.2 Å². The second kappa shape index (κ2) is 8.23. The highest BCUT2D eigenvalue weighted by atomic mass is 16.5. The van der Waals surface area contributed by atoms with Gasteiger partial charge in [0.05, 0.1) is 43.3 Å². The molecule has 4 aromatic heterocycles. The summed E-state index contributed by atoms with van der Waals surface area (Å²) < 4.78 is 7.81. The third-order valence-electron chi connectivity index (χ3n) is 7.20. The van der Waals surface area contributed by atoms with Gasteiger partial charge in [-0.05, 0) is 23.8 Å². The first kappa shape index (κ1) is 22.2. The van der Waals surface area contributed by atoms with Gasteiger partial charge in [-0.15, -0.1) is 0 Å². The van der Waals surface area contributed by atoms with Crippen LogP contribution in [-0.4, -0.2) is 54.7 Å². The summed E-state index contributed by atoms with van der Waals surface area (Å²) >= 11 is 0. The predicted octanol–water partition coefficient (Wildman–Crippen LogP) is 3.01. The van der Waals surface area contributed by atoms with Gasteiger partial charge in [0.15, 0.2) is 0 Å². The van der Waals surface area contributed by atoms with Gasteiger partial charge >= 0.3 is 0 Å². The van der Waals surface area contributed by atoms with Crippen molar-refractivity contribution in [2.75, 3.05) is 24.7 Å². The Balaban J connectivity index is 1.20. The number of benzene rings is 1. The smallest absolute Gasteiger partial charge is 0.272 e. The van der Waals surface area contributed by atoms with Crippen molar-refractivity contribution in [3.63, 3.8) is 0 Å². The minimum absolute atomic E-state index is 0.0512. The van der Waals surface area contributed by atoms with Crippen molar-refractivity contribution >= 4 is 40.0 Å². The fourth-order valence-electron chi connectivity index (χ4n) is 5.24. The van der Waals surface area contributed by atoms with Crippen LogP contribution in [0.4, 0.5) is 11.6 Å². The van der Waals surface area contributed by atoms with E-state index in [0.717, 1.165) is 28.0 Å². The van der Waals surface area contributed by atoms with E-state index < -0.39 is 0 Å². The predicted molar refractivity (Wildman–Crippen MR) is 140 cm³/mol. The lowest BCUT2D eigenvalue weighted by atomic mass is 9.95. The Bertz CT molecular complexity index is 1800. The number of nitrogens with two attached hydrogens (primary N) is 1. The molecule has 188 valence electrons.